The zero-order valence-corrected chi connectivity index (χ0v) is 8.22. The van der Waals surface area contributed by atoms with Gasteiger partial charge < -0.3 is 5.32 Å². The lowest BCUT2D eigenvalue weighted by atomic mass is 10.4. The minimum atomic E-state index is -0.565. The Morgan fingerprint density at radius 1 is 1.69 bits per heavy atom. The number of amides is 1. The summed E-state index contributed by atoms with van der Waals surface area (Å²) in [5.74, 6) is 0. The van der Waals surface area contributed by atoms with E-state index in [1.165, 1.54) is 18.1 Å². The molecule has 0 aliphatic carbocycles. The zero-order valence-electron chi connectivity index (χ0n) is 7.40. The molecule has 0 atom stereocenters. The fourth-order valence-corrected chi connectivity index (χ4v) is 1.43. The van der Waals surface area contributed by atoms with E-state index >= 15 is 0 Å². The molecule has 0 radical (unpaired) electrons. The van der Waals surface area contributed by atoms with E-state index in [9.17, 15) is 4.79 Å². The summed E-state index contributed by atoms with van der Waals surface area (Å²) in [6.45, 7) is 2.00. The minimum Gasteiger partial charge on any atom is -0.323 e. The predicted molar refractivity (Wildman–Crippen MR) is 52.2 cm³/mol. The molecule has 1 heterocycles. The Labute approximate surface area is 80.2 Å². The fourth-order valence-electron chi connectivity index (χ4n) is 0.695. The van der Waals surface area contributed by atoms with Crippen molar-refractivity contribution in [1.82, 2.24) is 5.32 Å². The van der Waals surface area contributed by atoms with Crippen LogP contribution in [0, 0.1) is 6.92 Å². The number of rotatable bonds is 2. The number of hydrogen-bond donors (Lipinski definition) is 1. The molecule has 0 spiro atoms. The van der Waals surface area contributed by atoms with Gasteiger partial charge in [-0.3, -0.25) is 4.84 Å². The zero-order chi connectivity index (χ0) is 9.68. The third-order valence-corrected chi connectivity index (χ3v) is 2.22. The van der Waals surface area contributed by atoms with E-state index in [-0.39, 0.29) is 0 Å². The molecular formula is C8H10N2O2S. The molecule has 0 saturated heterocycles. The van der Waals surface area contributed by atoms with Crippen LogP contribution in [0.5, 0.6) is 0 Å². The Bertz CT molecular complexity index is 320. The predicted octanol–water partition coefficient (Wildman–Crippen LogP) is 1.75. The van der Waals surface area contributed by atoms with E-state index in [0.717, 1.165) is 4.88 Å². The number of oxime groups is 1. The van der Waals surface area contributed by atoms with Gasteiger partial charge in [0, 0.05) is 16.8 Å². The first-order valence-electron chi connectivity index (χ1n) is 3.71. The van der Waals surface area contributed by atoms with Crippen LogP contribution in [-0.2, 0) is 4.84 Å². The molecule has 1 aromatic rings. The van der Waals surface area contributed by atoms with Crippen LogP contribution in [0.4, 0.5) is 4.79 Å². The number of nitrogens with zero attached hydrogens (tertiary/aromatic N) is 1. The molecule has 1 rings (SSSR count). The number of hydrogen-bond acceptors (Lipinski definition) is 4. The van der Waals surface area contributed by atoms with Crippen molar-refractivity contribution < 1.29 is 9.63 Å². The molecule has 0 fully saturated rings. The summed E-state index contributed by atoms with van der Waals surface area (Å²) in [6, 6.07) is 3.89. The van der Waals surface area contributed by atoms with Gasteiger partial charge in [0.2, 0.25) is 0 Å². The molecule has 13 heavy (non-hydrogen) atoms. The largest absolute Gasteiger partial charge is 0.433 e. The monoisotopic (exact) mass is 198 g/mol. The number of thiophene rings is 1. The molecule has 1 aromatic heterocycles. The van der Waals surface area contributed by atoms with Crippen LogP contribution in [0.15, 0.2) is 17.3 Å². The van der Waals surface area contributed by atoms with Crippen molar-refractivity contribution in [2.24, 2.45) is 5.16 Å². The van der Waals surface area contributed by atoms with E-state index < -0.39 is 6.09 Å². The molecule has 0 bridgehead atoms. The highest BCUT2D eigenvalue weighted by molar-refractivity contribution is 7.13. The summed E-state index contributed by atoms with van der Waals surface area (Å²) in [7, 11) is 1.48. The molecule has 1 amide bonds. The maximum absolute atomic E-state index is 10.6. The van der Waals surface area contributed by atoms with E-state index in [0.29, 0.717) is 0 Å². The molecule has 0 aliphatic rings. The molecule has 0 saturated carbocycles. The number of carbonyl (C=O) groups excluding carboxylic acids is 1. The maximum Gasteiger partial charge on any atom is 0.433 e. The summed E-state index contributed by atoms with van der Waals surface area (Å²) >= 11 is 1.59. The number of nitrogens with one attached hydrogen (secondary N) is 1. The van der Waals surface area contributed by atoms with Crippen molar-refractivity contribution in [2.45, 2.75) is 6.92 Å². The van der Waals surface area contributed by atoms with Gasteiger partial charge in [-0.15, -0.1) is 11.3 Å². The van der Waals surface area contributed by atoms with Gasteiger partial charge in [-0.2, -0.15) is 0 Å². The van der Waals surface area contributed by atoms with Crippen LogP contribution < -0.4 is 5.32 Å². The Morgan fingerprint density at radius 3 is 3.00 bits per heavy atom. The number of carbonyl (C=O) groups is 1. The van der Waals surface area contributed by atoms with E-state index in [1.807, 2.05) is 19.1 Å². The Hall–Kier alpha value is -1.36. The van der Waals surface area contributed by atoms with Crippen molar-refractivity contribution in [2.75, 3.05) is 7.05 Å². The molecule has 1 N–H and O–H groups in total. The van der Waals surface area contributed by atoms with Crippen LogP contribution >= 0.6 is 11.3 Å². The summed E-state index contributed by atoms with van der Waals surface area (Å²) in [6.07, 6.45) is 0.942. The Balaban J connectivity index is 2.45. The molecule has 0 aromatic carbocycles. The fraction of sp³-hybridized carbons (Fsp3) is 0.250. The Morgan fingerprint density at radius 2 is 2.46 bits per heavy atom. The van der Waals surface area contributed by atoms with Gasteiger partial charge in [-0.05, 0) is 19.1 Å². The standard InChI is InChI=1S/C8H10N2O2S/c1-6-3-4-7(13-6)5-10-12-8(11)9-2/h3-5H,1-2H3,(H,9,11)/b10-5+. The highest BCUT2D eigenvalue weighted by Crippen LogP contribution is 2.12. The van der Waals surface area contributed by atoms with Crippen molar-refractivity contribution in [3.63, 3.8) is 0 Å². The van der Waals surface area contributed by atoms with Gasteiger partial charge in [0.25, 0.3) is 0 Å². The topological polar surface area (TPSA) is 50.7 Å². The molecular weight excluding hydrogens is 188 g/mol. The second-order valence-corrected chi connectivity index (χ2v) is 3.63. The molecule has 0 unspecified atom stereocenters. The summed E-state index contributed by atoms with van der Waals surface area (Å²) in [5.41, 5.74) is 0. The molecule has 0 aliphatic heterocycles. The summed E-state index contributed by atoms with van der Waals surface area (Å²) in [5, 5.41) is 5.78. The second-order valence-electron chi connectivity index (χ2n) is 2.31. The lowest BCUT2D eigenvalue weighted by Gasteiger charge is -1.92. The highest BCUT2D eigenvalue weighted by Gasteiger charge is 1.95. The van der Waals surface area contributed by atoms with E-state index in [1.54, 1.807) is 11.3 Å². The smallest absolute Gasteiger partial charge is 0.323 e. The Kier molecular flexibility index (Phi) is 3.45. The first-order chi connectivity index (χ1) is 6.22. The van der Waals surface area contributed by atoms with Gasteiger partial charge in [0.05, 0.1) is 6.21 Å². The third kappa shape index (κ3) is 3.25. The molecule has 4 nitrogen and oxygen atoms in total. The highest BCUT2D eigenvalue weighted by atomic mass is 32.1. The van der Waals surface area contributed by atoms with E-state index in [4.69, 9.17) is 0 Å². The van der Waals surface area contributed by atoms with Crippen LogP contribution in [0.25, 0.3) is 0 Å². The van der Waals surface area contributed by atoms with Crippen molar-refractivity contribution in [3.8, 4) is 0 Å². The van der Waals surface area contributed by atoms with Crippen LogP contribution in [0.3, 0.4) is 0 Å². The van der Waals surface area contributed by atoms with Gasteiger partial charge >= 0.3 is 6.09 Å². The second kappa shape index (κ2) is 4.61. The van der Waals surface area contributed by atoms with Gasteiger partial charge in [0.1, 0.15) is 0 Å². The van der Waals surface area contributed by atoms with Gasteiger partial charge in [0.15, 0.2) is 0 Å². The number of aryl methyl sites for hydroxylation is 1. The summed E-state index contributed by atoms with van der Waals surface area (Å²) < 4.78 is 0. The average molecular weight is 198 g/mol. The lowest BCUT2D eigenvalue weighted by molar-refractivity contribution is 0.154. The quantitative estimate of drug-likeness (QED) is 0.447. The minimum absolute atomic E-state index is 0.565. The lowest BCUT2D eigenvalue weighted by Crippen LogP contribution is -2.16. The first-order valence-corrected chi connectivity index (χ1v) is 4.52. The normalized spacial score (nSPS) is 10.3. The summed E-state index contributed by atoms with van der Waals surface area (Å²) in [4.78, 5) is 17.1. The van der Waals surface area contributed by atoms with Gasteiger partial charge in [-0.25, -0.2) is 4.79 Å². The van der Waals surface area contributed by atoms with Crippen LogP contribution in [-0.4, -0.2) is 19.4 Å². The maximum atomic E-state index is 10.6. The van der Waals surface area contributed by atoms with Crippen LogP contribution in [0.1, 0.15) is 9.75 Å². The van der Waals surface area contributed by atoms with Crippen LogP contribution in [0.2, 0.25) is 0 Å². The van der Waals surface area contributed by atoms with E-state index in [2.05, 4.69) is 15.3 Å². The SMILES string of the molecule is CNC(=O)O/N=C/c1ccc(C)s1. The first kappa shape index (κ1) is 9.73. The van der Waals surface area contributed by atoms with Gasteiger partial charge in [-0.1, -0.05) is 5.16 Å². The average Bonchev–Trinajstić information content (AvgIpc) is 2.51. The van der Waals surface area contributed by atoms with Crippen molar-refractivity contribution in [1.29, 1.82) is 0 Å². The third-order valence-electron chi connectivity index (χ3n) is 1.28. The molecule has 5 heteroatoms. The molecule has 70 valence electrons. The van der Waals surface area contributed by atoms with Crippen molar-refractivity contribution in [3.05, 3.63) is 21.9 Å². The van der Waals surface area contributed by atoms with Crippen molar-refractivity contribution >= 4 is 23.6 Å².